The zero-order valence-corrected chi connectivity index (χ0v) is 10.9. The van der Waals surface area contributed by atoms with Gasteiger partial charge in [0.1, 0.15) is 11.3 Å². The number of hydrogen-bond donors (Lipinski definition) is 0. The van der Waals surface area contributed by atoms with Crippen LogP contribution in [0, 0.1) is 5.92 Å². The first-order chi connectivity index (χ1) is 8.04. The molecule has 1 aromatic rings. The molecule has 1 aromatic heterocycles. The molecule has 96 valence electrons. The molecule has 0 amide bonds. The van der Waals surface area contributed by atoms with Crippen molar-refractivity contribution in [1.29, 1.82) is 0 Å². The lowest BCUT2D eigenvalue weighted by atomic mass is 10.2. The van der Waals surface area contributed by atoms with Crippen LogP contribution in [0.25, 0.3) is 0 Å². The molecule has 0 spiro atoms. The van der Waals surface area contributed by atoms with Crippen LogP contribution in [0.4, 0.5) is 0 Å². The summed E-state index contributed by atoms with van der Waals surface area (Å²) < 4.78 is 12.0. The van der Waals surface area contributed by atoms with Gasteiger partial charge in [-0.1, -0.05) is 13.8 Å². The van der Waals surface area contributed by atoms with Gasteiger partial charge in [0.05, 0.1) is 13.2 Å². The van der Waals surface area contributed by atoms with Crippen LogP contribution in [-0.2, 0) is 23.1 Å². The lowest BCUT2D eigenvalue weighted by Crippen LogP contribution is -2.09. The van der Waals surface area contributed by atoms with E-state index in [1.54, 1.807) is 24.9 Å². The average Bonchev–Trinajstić information content (AvgIpc) is 2.59. The number of carbonyl (C=O) groups excluding carboxylic acids is 1. The molecular weight excluding hydrogens is 220 g/mol. The summed E-state index contributed by atoms with van der Waals surface area (Å²) in [6.45, 7) is 7.28. The molecule has 0 aromatic carbocycles. The maximum atomic E-state index is 11.6. The van der Waals surface area contributed by atoms with Crippen molar-refractivity contribution < 1.29 is 14.3 Å². The van der Waals surface area contributed by atoms with Gasteiger partial charge in [0.15, 0.2) is 0 Å². The fraction of sp³-hybridized carbons (Fsp3) is 0.667. The number of esters is 1. The highest BCUT2D eigenvalue weighted by Gasteiger charge is 2.16. The summed E-state index contributed by atoms with van der Waals surface area (Å²) in [5, 5.41) is 4.20. The van der Waals surface area contributed by atoms with Crippen molar-refractivity contribution >= 4 is 5.97 Å². The lowest BCUT2D eigenvalue weighted by Gasteiger charge is -2.06. The van der Waals surface area contributed by atoms with Crippen molar-refractivity contribution in [3.63, 3.8) is 0 Å². The minimum absolute atomic E-state index is 0.340. The molecular formula is C12H20N2O3. The Morgan fingerprint density at radius 3 is 2.82 bits per heavy atom. The van der Waals surface area contributed by atoms with Crippen LogP contribution >= 0.6 is 0 Å². The first-order valence-corrected chi connectivity index (χ1v) is 5.82. The highest BCUT2D eigenvalue weighted by Crippen LogP contribution is 2.10. The summed E-state index contributed by atoms with van der Waals surface area (Å²) in [5.74, 6) is 0.119. The molecule has 0 saturated carbocycles. The molecule has 0 aliphatic heterocycles. The third-order valence-electron chi connectivity index (χ3n) is 2.09. The minimum Gasteiger partial charge on any atom is -0.462 e. The van der Waals surface area contributed by atoms with E-state index in [0.29, 0.717) is 37.0 Å². The van der Waals surface area contributed by atoms with E-state index in [1.807, 2.05) is 0 Å². The Kier molecular flexibility index (Phi) is 5.15. The average molecular weight is 240 g/mol. The number of ether oxygens (including phenoxy) is 2. The summed E-state index contributed by atoms with van der Waals surface area (Å²) in [6.07, 6.45) is 1.66. The van der Waals surface area contributed by atoms with Crippen LogP contribution in [0.1, 0.15) is 36.8 Å². The van der Waals surface area contributed by atoms with E-state index >= 15 is 0 Å². The van der Waals surface area contributed by atoms with Gasteiger partial charge in [-0.2, -0.15) is 5.10 Å². The number of carbonyl (C=O) groups is 1. The van der Waals surface area contributed by atoms with Gasteiger partial charge in [-0.3, -0.25) is 4.68 Å². The second-order valence-electron chi connectivity index (χ2n) is 4.29. The van der Waals surface area contributed by atoms with Crippen LogP contribution in [0.5, 0.6) is 0 Å². The van der Waals surface area contributed by atoms with Gasteiger partial charge in [-0.25, -0.2) is 4.79 Å². The van der Waals surface area contributed by atoms with Gasteiger partial charge in [-0.05, 0) is 12.8 Å². The molecule has 5 heteroatoms. The van der Waals surface area contributed by atoms with Crippen molar-refractivity contribution in [2.24, 2.45) is 13.0 Å². The molecule has 0 unspecified atom stereocenters. The third kappa shape index (κ3) is 4.19. The van der Waals surface area contributed by atoms with E-state index in [0.717, 1.165) is 0 Å². The van der Waals surface area contributed by atoms with Gasteiger partial charge in [0, 0.05) is 19.9 Å². The molecule has 5 nitrogen and oxygen atoms in total. The Balaban J connectivity index is 2.67. The van der Waals surface area contributed by atoms with Crippen molar-refractivity contribution in [3.8, 4) is 0 Å². The summed E-state index contributed by atoms with van der Waals surface area (Å²) in [6, 6.07) is 0. The van der Waals surface area contributed by atoms with Crippen LogP contribution in [0.2, 0.25) is 0 Å². The zero-order valence-electron chi connectivity index (χ0n) is 10.9. The quantitative estimate of drug-likeness (QED) is 0.711. The molecule has 0 saturated heterocycles. The molecule has 0 bridgehead atoms. The molecule has 0 N–H and O–H groups in total. The summed E-state index contributed by atoms with van der Waals surface area (Å²) in [7, 11) is 1.77. The van der Waals surface area contributed by atoms with Crippen LogP contribution in [-0.4, -0.2) is 29.0 Å². The number of nitrogens with zero attached hydrogens (tertiary/aromatic N) is 2. The van der Waals surface area contributed by atoms with Crippen molar-refractivity contribution in [2.45, 2.75) is 27.4 Å². The Bertz CT molecular complexity index is 372. The second-order valence-corrected chi connectivity index (χ2v) is 4.29. The van der Waals surface area contributed by atoms with Crippen molar-refractivity contribution in [1.82, 2.24) is 9.78 Å². The topological polar surface area (TPSA) is 53.4 Å². The van der Waals surface area contributed by atoms with E-state index in [9.17, 15) is 4.79 Å². The smallest absolute Gasteiger partial charge is 0.341 e. The Morgan fingerprint density at radius 1 is 1.53 bits per heavy atom. The molecule has 0 aliphatic rings. The molecule has 1 rings (SSSR count). The maximum absolute atomic E-state index is 11.6. The first-order valence-electron chi connectivity index (χ1n) is 5.82. The highest BCUT2D eigenvalue weighted by atomic mass is 16.5. The summed E-state index contributed by atoms with van der Waals surface area (Å²) >= 11 is 0. The van der Waals surface area contributed by atoms with Crippen LogP contribution in [0.3, 0.4) is 0 Å². The fourth-order valence-corrected chi connectivity index (χ4v) is 1.41. The normalized spacial score (nSPS) is 10.9. The lowest BCUT2D eigenvalue weighted by molar-refractivity contribution is 0.0515. The van der Waals surface area contributed by atoms with E-state index in [4.69, 9.17) is 9.47 Å². The molecule has 1 heterocycles. The SMILES string of the molecule is CCOC(=O)c1cn(C)nc1COCC(C)C. The van der Waals surface area contributed by atoms with Gasteiger partial charge in [0.25, 0.3) is 0 Å². The van der Waals surface area contributed by atoms with E-state index < -0.39 is 0 Å². The predicted molar refractivity (Wildman–Crippen MR) is 63.7 cm³/mol. The van der Waals surface area contributed by atoms with Crippen molar-refractivity contribution in [3.05, 3.63) is 17.5 Å². The van der Waals surface area contributed by atoms with Gasteiger partial charge in [-0.15, -0.1) is 0 Å². The molecule has 17 heavy (non-hydrogen) atoms. The molecule has 0 aliphatic carbocycles. The van der Waals surface area contributed by atoms with Gasteiger partial charge in [0.2, 0.25) is 0 Å². The minimum atomic E-state index is -0.344. The van der Waals surface area contributed by atoms with Crippen LogP contribution < -0.4 is 0 Å². The molecule has 0 radical (unpaired) electrons. The number of aromatic nitrogens is 2. The molecule has 0 atom stereocenters. The van der Waals surface area contributed by atoms with Crippen LogP contribution in [0.15, 0.2) is 6.20 Å². The summed E-state index contributed by atoms with van der Waals surface area (Å²) in [4.78, 5) is 11.6. The van der Waals surface area contributed by atoms with E-state index in [-0.39, 0.29) is 5.97 Å². The standard InChI is InChI=1S/C12H20N2O3/c1-5-17-12(15)10-6-14(4)13-11(10)8-16-7-9(2)3/h6,9H,5,7-8H2,1-4H3. The van der Waals surface area contributed by atoms with Crippen molar-refractivity contribution in [2.75, 3.05) is 13.2 Å². The fourth-order valence-electron chi connectivity index (χ4n) is 1.41. The highest BCUT2D eigenvalue weighted by molar-refractivity contribution is 5.90. The number of aryl methyl sites for hydroxylation is 1. The number of hydrogen-bond acceptors (Lipinski definition) is 4. The summed E-state index contributed by atoms with van der Waals surface area (Å²) in [5.41, 5.74) is 1.12. The Labute approximate surface area is 102 Å². The second kappa shape index (κ2) is 6.39. The largest absolute Gasteiger partial charge is 0.462 e. The molecule has 0 fully saturated rings. The van der Waals surface area contributed by atoms with Gasteiger partial charge >= 0.3 is 5.97 Å². The maximum Gasteiger partial charge on any atom is 0.341 e. The predicted octanol–water partition coefficient (Wildman–Crippen LogP) is 1.77. The third-order valence-corrected chi connectivity index (χ3v) is 2.09. The zero-order chi connectivity index (χ0) is 12.8. The first kappa shape index (κ1) is 13.7. The van der Waals surface area contributed by atoms with E-state index in [2.05, 4.69) is 18.9 Å². The van der Waals surface area contributed by atoms with E-state index in [1.165, 1.54) is 0 Å². The Hall–Kier alpha value is -1.36. The van der Waals surface area contributed by atoms with Gasteiger partial charge < -0.3 is 9.47 Å². The monoisotopic (exact) mass is 240 g/mol. The Morgan fingerprint density at radius 2 is 2.24 bits per heavy atom. The number of rotatable bonds is 6.